The van der Waals surface area contributed by atoms with Crippen molar-refractivity contribution in [1.29, 1.82) is 0 Å². The molecule has 1 aliphatic heterocycles. The van der Waals surface area contributed by atoms with E-state index in [4.69, 9.17) is 9.47 Å². The Labute approximate surface area is 191 Å². The zero-order chi connectivity index (χ0) is 23.1. The summed E-state index contributed by atoms with van der Waals surface area (Å²) in [4.78, 5) is 24.8. The summed E-state index contributed by atoms with van der Waals surface area (Å²) in [5.74, 6) is 0.371. The van der Waals surface area contributed by atoms with Gasteiger partial charge in [-0.3, -0.25) is 14.9 Å². The lowest BCUT2D eigenvalue weighted by atomic mass is 10.3. The van der Waals surface area contributed by atoms with Gasteiger partial charge in [0.05, 0.1) is 24.4 Å². The lowest BCUT2D eigenvalue weighted by molar-refractivity contribution is -0.122. The Hall–Kier alpha value is -2.76. The number of amides is 2. The third-order valence-corrected chi connectivity index (χ3v) is 7.73. The van der Waals surface area contributed by atoms with Crippen molar-refractivity contribution in [3.63, 3.8) is 0 Å². The van der Waals surface area contributed by atoms with Crippen LogP contribution in [0.15, 0.2) is 53.4 Å². The summed E-state index contributed by atoms with van der Waals surface area (Å²) < 4.78 is 36.2. The molecular weight excluding hydrogens is 454 g/mol. The standard InChI is InChI=1S/C21H25N3O6S2/c1-3-30-15-7-9-17(10-8-15)32(27,28)18-12-22-21(24-20(18)26)31-13-19(25)23-14-5-4-6-16(11-14)29-2/h4-11,18,21-22H,3,12-13H2,1-2H3,(H,23,25)(H,24,26). The van der Waals surface area contributed by atoms with Crippen LogP contribution in [0, 0.1) is 0 Å². The van der Waals surface area contributed by atoms with E-state index in [2.05, 4.69) is 16.0 Å². The van der Waals surface area contributed by atoms with Crippen molar-refractivity contribution in [1.82, 2.24) is 10.6 Å². The van der Waals surface area contributed by atoms with E-state index in [0.717, 1.165) is 11.8 Å². The minimum Gasteiger partial charge on any atom is -0.497 e. The van der Waals surface area contributed by atoms with E-state index >= 15 is 0 Å². The summed E-state index contributed by atoms with van der Waals surface area (Å²) >= 11 is 1.16. The van der Waals surface area contributed by atoms with Gasteiger partial charge in [-0.05, 0) is 43.3 Å². The highest BCUT2D eigenvalue weighted by Crippen LogP contribution is 2.23. The molecule has 1 heterocycles. The van der Waals surface area contributed by atoms with Crippen LogP contribution >= 0.6 is 11.8 Å². The first-order valence-electron chi connectivity index (χ1n) is 9.89. The lowest BCUT2D eigenvalue weighted by Crippen LogP contribution is -2.59. The smallest absolute Gasteiger partial charge is 0.241 e. The Morgan fingerprint density at radius 3 is 2.59 bits per heavy atom. The van der Waals surface area contributed by atoms with Gasteiger partial charge in [0.25, 0.3) is 0 Å². The minimum atomic E-state index is -3.88. The van der Waals surface area contributed by atoms with Crippen LogP contribution in [-0.2, 0) is 19.4 Å². The zero-order valence-corrected chi connectivity index (χ0v) is 19.3. The van der Waals surface area contributed by atoms with Gasteiger partial charge in [-0.2, -0.15) is 0 Å². The quantitative estimate of drug-likeness (QED) is 0.496. The largest absolute Gasteiger partial charge is 0.497 e. The lowest BCUT2D eigenvalue weighted by Gasteiger charge is -2.29. The Bertz CT molecular complexity index is 1060. The molecule has 3 rings (SSSR count). The van der Waals surface area contributed by atoms with E-state index in [0.29, 0.717) is 23.8 Å². The van der Waals surface area contributed by atoms with E-state index in [1.165, 1.54) is 19.2 Å². The summed E-state index contributed by atoms with van der Waals surface area (Å²) in [6.07, 6.45) is 0. The Morgan fingerprint density at radius 1 is 1.19 bits per heavy atom. The number of benzene rings is 2. The van der Waals surface area contributed by atoms with Gasteiger partial charge >= 0.3 is 0 Å². The molecule has 2 aromatic rings. The average Bonchev–Trinajstić information content (AvgIpc) is 2.78. The molecule has 0 bridgehead atoms. The van der Waals surface area contributed by atoms with E-state index in [9.17, 15) is 18.0 Å². The summed E-state index contributed by atoms with van der Waals surface area (Å²) in [5, 5.41) is 7.08. The van der Waals surface area contributed by atoms with Gasteiger partial charge in [0.2, 0.25) is 11.8 Å². The number of hydrogen-bond acceptors (Lipinski definition) is 8. The number of ether oxygens (including phenoxy) is 2. The highest BCUT2D eigenvalue weighted by molar-refractivity contribution is 8.00. The molecule has 0 aliphatic carbocycles. The predicted molar refractivity (Wildman–Crippen MR) is 123 cm³/mol. The van der Waals surface area contributed by atoms with Crippen molar-refractivity contribution in [3.8, 4) is 11.5 Å². The molecule has 172 valence electrons. The Morgan fingerprint density at radius 2 is 1.94 bits per heavy atom. The number of nitrogens with one attached hydrogen (secondary N) is 3. The number of hydrogen-bond donors (Lipinski definition) is 3. The van der Waals surface area contributed by atoms with Gasteiger partial charge in [-0.1, -0.05) is 6.07 Å². The average molecular weight is 480 g/mol. The van der Waals surface area contributed by atoms with Crippen molar-refractivity contribution in [2.45, 2.75) is 22.6 Å². The van der Waals surface area contributed by atoms with Crippen LogP contribution in [0.1, 0.15) is 6.92 Å². The molecule has 3 N–H and O–H groups in total. The fourth-order valence-corrected chi connectivity index (χ4v) is 5.36. The summed E-state index contributed by atoms with van der Waals surface area (Å²) in [5.41, 5.74) is 0.0161. The molecule has 1 saturated heterocycles. The second kappa shape index (κ2) is 10.7. The maximum Gasteiger partial charge on any atom is 0.241 e. The Kier molecular flexibility index (Phi) is 7.99. The fourth-order valence-electron chi connectivity index (χ4n) is 3.04. The van der Waals surface area contributed by atoms with E-state index in [-0.39, 0.29) is 23.1 Å². The number of sulfone groups is 1. The Balaban J connectivity index is 1.53. The molecule has 2 amide bonds. The monoisotopic (exact) mass is 479 g/mol. The maximum atomic E-state index is 12.9. The molecule has 2 unspecified atom stereocenters. The van der Waals surface area contributed by atoms with Crippen LogP contribution in [0.2, 0.25) is 0 Å². The number of carbonyl (C=O) groups excluding carboxylic acids is 2. The van der Waals surface area contributed by atoms with Crippen LogP contribution in [0.4, 0.5) is 5.69 Å². The van der Waals surface area contributed by atoms with Crippen molar-refractivity contribution in [3.05, 3.63) is 48.5 Å². The van der Waals surface area contributed by atoms with E-state index in [1.807, 2.05) is 6.92 Å². The SMILES string of the molecule is CCOc1ccc(S(=O)(=O)C2CNC(SCC(=O)Nc3cccc(OC)c3)NC2=O)cc1. The fraction of sp³-hybridized carbons (Fsp3) is 0.333. The van der Waals surface area contributed by atoms with Crippen molar-refractivity contribution < 1.29 is 27.5 Å². The number of thioether (sulfide) groups is 1. The maximum absolute atomic E-state index is 12.9. The molecule has 9 nitrogen and oxygen atoms in total. The highest BCUT2D eigenvalue weighted by atomic mass is 32.2. The number of rotatable bonds is 9. The molecule has 0 spiro atoms. The van der Waals surface area contributed by atoms with Crippen LogP contribution in [0.3, 0.4) is 0 Å². The first-order valence-corrected chi connectivity index (χ1v) is 12.5. The topological polar surface area (TPSA) is 123 Å². The van der Waals surface area contributed by atoms with Crippen LogP contribution in [0.5, 0.6) is 11.5 Å². The third-order valence-electron chi connectivity index (χ3n) is 4.63. The number of anilines is 1. The first kappa shape index (κ1) is 23.9. The number of methoxy groups -OCH3 is 1. The van der Waals surface area contributed by atoms with Gasteiger partial charge in [0, 0.05) is 18.3 Å². The highest BCUT2D eigenvalue weighted by Gasteiger charge is 2.38. The van der Waals surface area contributed by atoms with Crippen molar-refractivity contribution in [2.75, 3.05) is 31.3 Å². The van der Waals surface area contributed by atoms with E-state index < -0.39 is 26.5 Å². The van der Waals surface area contributed by atoms with E-state index in [1.54, 1.807) is 36.4 Å². The van der Waals surface area contributed by atoms with Gasteiger partial charge < -0.3 is 20.1 Å². The summed E-state index contributed by atoms with van der Waals surface area (Å²) in [7, 11) is -2.34. The molecule has 2 aromatic carbocycles. The second-order valence-corrected chi connectivity index (χ2v) is 10.0. The molecular formula is C21H25N3O6S2. The molecule has 2 atom stereocenters. The molecule has 0 saturated carbocycles. The van der Waals surface area contributed by atoms with Gasteiger partial charge in [-0.25, -0.2) is 8.42 Å². The van der Waals surface area contributed by atoms with Crippen LogP contribution in [-0.4, -0.2) is 57.0 Å². The molecule has 1 fully saturated rings. The normalized spacial score (nSPS) is 18.5. The molecule has 1 aliphatic rings. The van der Waals surface area contributed by atoms with Crippen molar-refractivity contribution >= 4 is 39.1 Å². The zero-order valence-electron chi connectivity index (χ0n) is 17.7. The molecule has 32 heavy (non-hydrogen) atoms. The molecule has 0 radical (unpaired) electrons. The first-order chi connectivity index (χ1) is 15.3. The molecule has 0 aromatic heterocycles. The van der Waals surface area contributed by atoms with Gasteiger partial charge in [0.1, 0.15) is 17.0 Å². The molecule has 11 heteroatoms. The number of carbonyl (C=O) groups is 2. The van der Waals surface area contributed by atoms with Crippen LogP contribution in [0.25, 0.3) is 0 Å². The van der Waals surface area contributed by atoms with Gasteiger partial charge in [-0.15, -0.1) is 11.8 Å². The minimum absolute atomic E-state index is 0.0478. The van der Waals surface area contributed by atoms with Crippen molar-refractivity contribution in [2.24, 2.45) is 0 Å². The second-order valence-electron chi connectivity index (χ2n) is 6.83. The van der Waals surface area contributed by atoms with Gasteiger partial charge in [0.15, 0.2) is 15.1 Å². The summed E-state index contributed by atoms with van der Waals surface area (Å²) in [6, 6.07) is 12.9. The van der Waals surface area contributed by atoms with Crippen LogP contribution < -0.4 is 25.4 Å². The predicted octanol–water partition coefficient (Wildman–Crippen LogP) is 1.61. The third kappa shape index (κ3) is 5.93. The summed E-state index contributed by atoms with van der Waals surface area (Å²) in [6.45, 7) is 2.24.